The first-order valence-corrected chi connectivity index (χ1v) is 8.20. The highest BCUT2D eigenvalue weighted by molar-refractivity contribution is 5.87. The fourth-order valence-corrected chi connectivity index (χ4v) is 3.71. The van der Waals surface area contributed by atoms with Crippen LogP contribution >= 0.6 is 0 Å². The van der Waals surface area contributed by atoms with Gasteiger partial charge < -0.3 is 15.2 Å². The van der Waals surface area contributed by atoms with E-state index in [9.17, 15) is 9.90 Å². The highest BCUT2D eigenvalue weighted by Gasteiger charge is 2.40. The molecule has 0 unspecified atom stereocenters. The first-order valence-electron chi connectivity index (χ1n) is 8.20. The van der Waals surface area contributed by atoms with Crippen LogP contribution < -0.4 is 5.32 Å². The van der Waals surface area contributed by atoms with E-state index in [2.05, 4.69) is 5.32 Å². The molecule has 0 radical (unpaired) electrons. The summed E-state index contributed by atoms with van der Waals surface area (Å²) in [4.78, 5) is 12.8. The van der Waals surface area contributed by atoms with E-state index in [0.717, 1.165) is 37.9 Å². The Morgan fingerprint density at radius 2 is 1.95 bits per heavy atom. The molecule has 2 aliphatic rings. The molecular weight excluding hydrogens is 278 g/mol. The summed E-state index contributed by atoms with van der Waals surface area (Å²) in [5.41, 5.74) is 0.304. The maximum absolute atomic E-state index is 12.8. The molecule has 0 spiro atoms. The third-order valence-electron chi connectivity index (χ3n) is 5.25. The van der Waals surface area contributed by atoms with E-state index in [4.69, 9.17) is 4.74 Å². The smallest absolute Gasteiger partial charge is 0.230 e. The average molecular weight is 303 g/mol. The van der Waals surface area contributed by atoms with Crippen LogP contribution in [0.25, 0.3) is 0 Å². The summed E-state index contributed by atoms with van der Waals surface area (Å²) in [5, 5.41) is 12.7. The summed E-state index contributed by atoms with van der Waals surface area (Å²) in [6.07, 6.45) is 4.66. The molecule has 0 bridgehead atoms. The standard InChI is InChI=1S/C18H25NO3/c1-18(2,12-6-8-13(20)9-7-12)17(21)19-15-4-3-5-16-14(15)10-11-22-16/h6-9,14-16,20H,3-5,10-11H2,1-2H3,(H,19,21)/t14-,15+,16+/m0/s1. The Morgan fingerprint density at radius 3 is 2.68 bits per heavy atom. The number of hydrogen-bond donors (Lipinski definition) is 2. The van der Waals surface area contributed by atoms with Crippen LogP contribution in [0.1, 0.15) is 45.1 Å². The van der Waals surface area contributed by atoms with E-state index in [0.29, 0.717) is 12.0 Å². The molecule has 1 aromatic rings. The van der Waals surface area contributed by atoms with Crippen LogP contribution in [0.3, 0.4) is 0 Å². The van der Waals surface area contributed by atoms with Gasteiger partial charge in [0, 0.05) is 18.6 Å². The van der Waals surface area contributed by atoms with Crippen molar-refractivity contribution in [3.05, 3.63) is 29.8 Å². The van der Waals surface area contributed by atoms with Crippen LogP contribution in [0.2, 0.25) is 0 Å². The molecule has 1 heterocycles. The third-order valence-corrected chi connectivity index (χ3v) is 5.25. The largest absolute Gasteiger partial charge is 0.508 e. The lowest BCUT2D eigenvalue weighted by Gasteiger charge is -2.35. The Bertz CT molecular complexity index is 538. The summed E-state index contributed by atoms with van der Waals surface area (Å²) >= 11 is 0. The number of carbonyl (C=O) groups is 1. The average Bonchev–Trinajstić information content (AvgIpc) is 2.97. The quantitative estimate of drug-likeness (QED) is 0.902. The Morgan fingerprint density at radius 1 is 1.23 bits per heavy atom. The number of aromatic hydroxyl groups is 1. The number of fused-ring (bicyclic) bond motifs is 1. The molecule has 1 amide bonds. The van der Waals surface area contributed by atoms with Crippen LogP contribution in [-0.4, -0.2) is 29.8 Å². The van der Waals surface area contributed by atoms with Crippen molar-refractivity contribution in [2.45, 2.75) is 57.1 Å². The monoisotopic (exact) mass is 303 g/mol. The molecule has 2 fully saturated rings. The van der Waals surface area contributed by atoms with Gasteiger partial charge in [-0.25, -0.2) is 0 Å². The van der Waals surface area contributed by atoms with Gasteiger partial charge in [0.1, 0.15) is 5.75 Å². The summed E-state index contributed by atoms with van der Waals surface area (Å²) in [6, 6.07) is 7.12. The molecule has 1 aliphatic heterocycles. The topological polar surface area (TPSA) is 58.6 Å². The zero-order chi connectivity index (χ0) is 15.7. The normalized spacial score (nSPS) is 28.2. The van der Waals surface area contributed by atoms with Gasteiger partial charge in [-0.1, -0.05) is 12.1 Å². The number of amides is 1. The molecule has 4 nitrogen and oxygen atoms in total. The minimum atomic E-state index is -0.611. The van der Waals surface area contributed by atoms with E-state index in [1.165, 1.54) is 0 Å². The highest BCUT2D eigenvalue weighted by atomic mass is 16.5. The highest BCUT2D eigenvalue weighted by Crippen LogP contribution is 2.35. The molecule has 4 heteroatoms. The molecule has 120 valence electrons. The van der Waals surface area contributed by atoms with Gasteiger partial charge in [-0.15, -0.1) is 0 Å². The lowest BCUT2D eigenvalue weighted by atomic mass is 9.79. The zero-order valence-electron chi connectivity index (χ0n) is 13.3. The number of ether oxygens (including phenoxy) is 1. The van der Waals surface area contributed by atoms with Gasteiger partial charge in [0.25, 0.3) is 0 Å². The SMILES string of the molecule is CC(C)(C(=O)N[C@@H]1CCC[C@H]2OCC[C@@H]12)c1ccc(O)cc1. The number of rotatable bonds is 3. The van der Waals surface area contributed by atoms with Crippen molar-refractivity contribution in [2.75, 3.05) is 6.61 Å². The van der Waals surface area contributed by atoms with E-state index < -0.39 is 5.41 Å². The number of carbonyl (C=O) groups excluding carboxylic acids is 1. The fraction of sp³-hybridized carbons (Fsp3) is 0.611. The second-order valence-corrected chi connectivity index (χ2v) is 7.04. The second-order valence-electron chi connectivity index (χ2n) is 7.04. The van der Waals surface area contributed by atoms with Crippen LogP contribution in [-0.2, 0) is 14.9 Å². The van der Waals surface area contributed by atoms with Crippen molar-refractivity contribution in [1.29, 1.82) is 0 Å². The zero-order valence-corrected chi connectivity index (χ0v) is 13.3. The molecule has 1 aliphatic carbocycles. The predicted octanol–water partition coefficient (Wildman–Crippen LogP) is 2.74. The predicted molar refractivity (Wildman–Crippen MR) is 84.8 cm³/mol. The minimum absolute atomic E-state index is 0.0516. The van der Waals surface area contributed by atoms with Gasteiger partial charge in [-0.3, -0.25) is 4.79 Å². The van der Waals surface area contributed by atoms with Gasteiger partial charge in [-0.2, -0.15) is 0 Å². The number of nitrogens with one attached hydrogen (secondary N) is 1. The molecule has 3 rings (SSSR count). The number of phenolic OH excluding ortho intramolecular Hbond substituents is 1. The van der Waals surface area contributed by atoms with Crippen LogP contribution in [0.5, 0.6) is 5.75 Å². The summed E-state index contributed by atoms with van der Waals surface area (Å²) in [5.74, 6) is 0.738. The van der Waals surface area contributed by atoms with Crippen LogP contribution in [0.4, 0.5) is 0 Å². The molecule has 22 heavy (non-hydrogen) atoms. The maximum Gasteiger partial charge on any atom is 0.230 e. The van der Waals surface area contributed by atoms with Crippen molar-refractivity contribution in [1.82, 2.24) is 5.32 Å². The van der Waals surface area contributed by atoms with Crippen molar-refractivity contribution in [3.8, 4) is 5.75 Å². The number of hydrogen-bond acceptors (Lipinski definition) is 3. The van der Waals surface area contributed by atoms with E-state index in [1.807, 2.05) is 26.0 Å². The van der Waals surface area contributed by atoms with Crippen LogP contribution in [0, 0.1) is 5.92 Å². The van der Waals surface area contributed by atoms with Gasteiger partial charge in [0.05, 0.1) is 11.5 Å². The minimum Gasteiger partial charge on any atom is -0.508 e. The molecule has 0 aromatic heterocycles. The molecule has 1 saturated carbocycles. The van der Waals surface area contributed by atoms with Gasteiger partial charge in [0.15, 0.2) is 0 Å². The lowest BCUT2D eigenvalue weighted by molar-refractivity contribution is -0.127. The van der Waals surface area contributed by atoms with Gasteiger partial charge in [0.2, 0.25) is 5.91 Å². The molecule has 3 atom stereocenters. The van der Waals surface area contributed by atoms with Gasteiger partial charge >= 0.3 is 0 Å². The molecule has 1 aromatic carbocycles. The van der Waals surface area contributed by atoms with Crippen LogP contribution in [0.15, 0.2) is 24.3 Å². The molecular formula is C18H25NO3. The maximum atomic E-state index is 12.8. The molecule has 2 N–H and O–H groups in total. The van der Waals surface area contributed by atoms with Crippen molar-refractivity contribution >= 4 is 5.91 Å². The van der Waals surface area contributed by atoms with Gasteiger partial charge in [-0.05, 0) is 57.2 Å². The Kier molecular flexibility index (Phi) is 4.13. The Balaban J connectivity index is 1.71. The van der Waals surface area contributed by atoms with Crippen molar-refractivity contribution in [3.63, 3.8) is 0 Å². The third kappa shape index (κ3) is 2.84. The second kappa shape index (κ2) is 5.92. The Labute approximate surface area is 131 Å². The first-order chi connectivity index (χ1) is 10.5. The summed E-state index contributed by atoms with van der Waals surface area (Å²) in [6.45, 7) is 4.68. The lowest BCUT2D eigenvalue weighted by Crippen LogP contribution is -2.50. The van der Waals surface area contributed by atoms with E-state index >= 15 is 0 Å². The fourth-order valence-electron chi connectivity index (χ4n) is 3.71. The van der Waals surface area contributed by atoms with E-state index in [1.54, 1.807) is 12.1 Å². The first kappa shape index (κ1) is 15.3. The number of phenols is 1. The molecule has 1 saturated heterocycles. The summed E-state index contributed by atoms with van der Waals surface area (Å²) < 4.78 is 5.77. The summed E-state index contributed by atoms with van der Waals surface area (Å²) in [7, 11) is 0. The van der Waals surface area contributed by atoms with E-state index in [-0.39, 0.29) is 17.7 Å². The Hall–Kier alpha value is -1.55. The number of benzene rings is 1. The van der Waals surface area contributed by atoms with Crippen molar-refractivity contribution in [2.24, 2.45) is 5.92 Å². The van der Waals surface area contributed by atoms with Crippen molar-refractivity contribution < 1.29 is 14.6 Å².